The zero-order chi connectivity index (χ0) is 17.6. The van der Waals surface area contributed by atoms with Crippen molar-refractivity contribution in [1.82, 2.24) is 0 Å². The van der Waals surface area contributed by atoms with Crippen molar-refractivity contribution in [2.45, 2.75) is 57.8 Å². The van der Waals surface area contributed by atoms with E-state index >= 15 is 0 Å². The highest BCUT2D eigenvalue weighted by atomic mass is 19.2. The molecule has 0 radical (unpaired) electrons. The molecule has 0 bridgehead atoms. The fourth-order valence-corrected chi connectivity index (χ4v) is 5.26. The van der Waals surface area contributed by atoms with Gasteiger partial charge >= 0.3 is 0 Å². The molecule has 2 aromatic rings. The van der Waals surface area contributed by atoms with Crippen molar-refractivity contribution >= 4 is 10.8 Å². The molecule has 4 atom stereocenters. The Kier molecular flexibility index (Phi) is 4.51. The van der Waals surface area contributed by atoms with Gasteiger partial charge in [-0.1, -0.05) is 31.9 Å². The van der Waals surface area contributed by atoms with Crippen molar-refractivity contribution in [2.24, 2.45) is 17.8 Å². The summed E-state index contributed by atoms with van der Waals surface area (Å²) in [6.07, 6.45) is 8.64. The van der Waals surface area contributed by atoms with Crippen molar-refractivity contribution in [3.8, 4) is 0 Å². The Balaban J connectivity index is 1.60. The third-order valence-electron chi connectivity index (χ3n) is 6.75. The van der Waals surface area contributed by atoms with Gasteiger partial charge in [-0.15, -0.1) is 0 Å². The Morgan fingerprint density at radius 1 is 0.880 bits per heavy atom. The fraction of sp³-hybridized carbons (Fsp3) is 0.545. The second-order valence-electron chi connectivity index (χ2n) is 8.08. The third-order valence-corrected chi connectivity index (χ3v) is 6.75. The maximum atomic E-state index is 14.5. The number of hydrogen-bond acceptors (Lipinski definition) is 0. The Morgan fingerprint density at radius 2 is 1.64 bits per heavy atom. The van der Waals surface area contributed by atoms with E-state index in [9.17, 15) is 13.2 Å². The first-order valence-electron chi connectivity index (χ1n) is 9.64. The summed E-state index contributed by atoms with van der Waals surface area (Å²) in [6.45, 7) is 2.29. The minimum absolute atomic E-state index is 0.221. The molecule has 2 aliphatic carbocycles. The van der Waals surface area contributed by atoms with E-state index in [1.54, 1.807) is 0 Å². The van der Waals surface area contributed by atoms with Gasteiger partial charge in [-0.2, -0.15) is 0 Å². The van der Waals surface area contributed by atoms with E-state index in [4.69, 9.17) is 0 Å². The van der Waals surface area contributed by atoms with Crippen LogP contribution < -0.4 is 0 Å². The lowest BCUT2D eigenvalue weighted by Gasteiger charge is -2.42. The highest BCUT2D eigenvalue weighted by molar-refractivity contribution is 5.84. The topological polar surface area (TPSA) is 0 Å². The summed E-state index contributed by atoms with van der Waals surface area (Å²) in [4.78, 5) is 0. The lowest BCUT2D eigenvalue weighted by Crippen LogP contribution is -2.30. The van der Waals surface area contributed by atoms with Gasteiger partial charge in [0.05, 0.1) is 5.39 Å². The summed E-state index contributed by atoms with van der Waals surface area (Å²) in [5, 5.41) is 0.242. The molecule has 0 N–H and O–H groups in total. The molecule has 2 aliphatic rings. The minimum Gasteiger partial charge on any atom is -0.206 e. The van der Waals surface area contributed by atoms with E-state index in [2.05, 4.69) is 6.92 Å². The van der Waals surface area contributed by atoms with E-state index in [0.29, 0.717) is 11.3 Å². The molecule has 2 aromatic carbocycles. The maximum absolute atomic E-state index is 14.5. The summed E-state index contributed by atoms with van der Waals surface area (Å²) in [5.74, 6) is 0.0779. The zero-order valence-corrected chi connectivity index (χ0v) is 14.7. The number of fused-ring (bicyclic) bond motifs is 2. The average molecular weight is 346 g/mol. The second kappa shape index (κ2) is 6.66. The van der Waals surface area contributed by atoms with E-state index in [1.165, 1.54) is 44.2 Å². The van der Waals surface area contributed by atoms with E-state index < -0.39 is 17.5 Å². The first-order chi connectivity index (χ1) is 12.1. The van der Waals surface area contributed by atoms with Crippen LogP contribution in [0.5, 0.6) is 0 Å². The van der Waals surface area contributed by atoms with Gasteiger partial charge in [0.2, 0.25) is 0 Å². The molecule has 4 rings (SSSR count). The lowest BCUT2D eigenvalue weighted by atomic mass is 9.63. The standard InChI is InChI=1S/C22H25F3/c1-2-13-3-4-15-10-16(6-5-14(15)9-13)18-11-17-7-8-19(23)22(25)21(17)20(24)12-18/h7-8,11-16H,2-6,9-10H2,1H3. The summed E-state index contributed by atoms with van der Waals surface area (Å²) >= 11 is 0. The van der Waals surface area contributed by atoms with Crippen molar-refractivity contribution in [1.29, 1.82) is 0 Å². The Bertz CT molecular complexity index is 782. The first kappa shape index (κ1) is 16.9. The largest absolute Gasteiger partial charge is 0.206 e. The van der Waals surface area contributed by atoms with Crippen molar-refractivity contribution in [3.05, 3.63) is 47.3 Å². The number of halogens is 3. The maximum Gasteiger partial charge on any atom is 0.169 e. The minimum atomic E-state index is -1.08. The van der Waals surface area contributed by atoms with Crippen LogP contribution in [0.4, 0.5) is 13.2 Å². The first-order valence-corrected chi connectivity index (χ1v) is 9.64. The smallest absolute Gasteiger partial charge is 0.169 e. The second-order valence-corrected chi connectivity index (χ2v) is 8.08. The number of hydrogen-bond donors (Lipinski definition) is 0. The molecule has 3 heteroatoms. The van der Waals surface area contributed by atoms with Gasteiger partial charge in [-0.3, -0.25) is 0 Å². The van der Waals surface area contributed by atoms with Gasteiger partial charge in [0, 0.05) is 0 Å². The molecular weight excluding hydrogens is 321 g/mol. The zero-order valence-electron chi connectivity index (χ0n) is 14.7. The van der Waals surface area contributed by atoms with Gasteiger partial charge in [0.25, 0.3) is 0 Å². The highest BCUT2D eigenvalue weighted by Crippen LogP contribution is 2.48. The van der Waals surface area contributed by atoms with Crippen molar-refractivity contribution in [2.75, 3.05) is 0 Å². The van der Waals surface area contributed by atoms with Gasteiger partial charge in [-0.05, 0) is 78.9 Å². The van der Waals surface area contributed by atoms with Gasteiger partial charge < -0.3 is 0 Å². The molecular formula is C22H25F3. The van der Waals surface area contributed by atoms with Gasteiger partial charge in [0.1, 0.15) is 5.82 Å². The molecule has 0 aromatic heterocycles. The molecule has 2 fully saturated rings. The van der Waals surface area contributed by atoms with Crippen LogP contribution >= 0.6 is 0 Å². The Hall–Kier alpha value is -1.51. The molecule has 0 spiro atoms. The quantitative estimate of drug-likeness (QED) is 0.551. The molecule has 4 unspecified atom stereocenters. The van der Waals surface area contributed by atoms with E-state index in [-0.39, 0.29) is 5.39 Å². The molecule has 25 heavy (non-hydrogen) atoms. The predicted molar refractivity (Wildman–Crippen MR) is 95.0 cm³/mol. The summed E-state index contributed by atoms with van der Waals surface area (Å²) in [5.41, 5.74) is 0.951. The van der Waals surface area contributed by atoms with Crippen LogP contribution in [0, 0.1) is 35.2 Å². The van der Waals surface area contributed by atoms with Crippen LogP contribution in [0.1, 0.15) is 63.4 Å². The lowest BCUT2D eigenvalue weighted by molar-refractivity contribution is 0.116. The molecule has 0 amide bonds. The van der Waals surface area contributed by atoms with Crippen LogP contribution in [0.25, 0.3) is 10.8 Å². The van der Waals surface area contributed by atoms with Gasteiger partial charge in [-0.25, -0.2) is 13.2 Å². The Labute approximate surface area is 147 Å². The molecule has 0 saturated heterocycles. The fourth-order valence-electron chi connectivity index (χ4n) is 5.26. The number of benzene rings is 2. The van der Waals surface area contributed by atoms with Crippen LogP contribution in [0.15, 0.2) is 24.3 Å². The van der Waals surface area contributed by atoms with Crippen molar-refractivity contribution < 1.29 is 13.2 Å². The van der Waals surface area contributed by atoms with E-state index in [0.717, 1.165) is 42.2 Å². The number of rotatable bonds is 2. The summed E-state index contributed by atoms with van der Waals surface area (Å²) in [7, 11) is 0. The molecule has 0 heterocycles. The monoisotopic (exact) mass is 346 g/mol. The molecule has 0 aliphatic heterocycles. The summed E-state index contributed by atoms with van der Waals surface area (Å²) in [6, 6.07) is 5.87. The predicted octanol–water partition coefficient (Wildman–Crippen LogP) is 6.97. The average Bonchev–Trinajstić information content (AvgIpc) is 2.63. The van der Waals surface area contributed by atoms with Gasteiger partial charge in [0.15, 0.2) is 11.6 Å². The van der Waals surface area contributed by atoms with Crippen LogP contribution in [0.3, 0.4) is 0 Å². The van der Waals surface area contributed by atoms with Crippen molar-refractivity contribution in [3.63, 3.8) is 0 Å². The molecule has 0 nitrogen and oxygen atoms in total. The SMILES string of the molecule is CCC1CCC2CC(c3cc(F)c4c(F)c(F)ccc4c3)CCC2C1. The molecule has 2 saturated carbocycles. The van der Waals surface area contributed by atoms with Crippen LogP contribution in [-0.4, -0.2) is 0 Å². The highest BCUT2D eigenvalue weighted by Gasteiger charge is 2.35. The third kappa shape index (κ3) is 3.07. The Morgan fingerprint density at radius 3 is 2.44 bits per heavy atom. The van der Waals surface area contributed by atoms with Crippen LogP contribution in [-0.2, 0) is 0 Å². The van der Waals surface area contributed by atoms with Crippen LogP contribution in [0.2, 0.25) is 0 Å². The molecule has 134 valence electrons. The summed E-state index contributed by atoms with van der Waals surface area (Å²) < 4.78 is 41.8. The van der Waals surface area contributed by atoms with E-state index in [1.807, 2.05) is 6.07 Å². The normalized spacial score (nSPS) is 29.6.